The van der Waals surface area contributed by atoms with Gasteiger partial charge >= 0.3 is 11.9 Å². The highest BCUT2D eigenvalue weighted by atomic mass is 19.1. The first kappa shape index (κ1) is 28.5. The number of nitrogens with zero attached hydrogens (tertiary/aromatic N) is 1. The van der Waals surface area contributed by atoms with E-state index in [1.165, 1.54) is 43.3 Å². The number of benzene rings is 3. The number of hydrogen-bond acceptors (Lipinski definition) is 8. The lowest BCUT2D eigenvalue weighted by Crippen LogP contribution is -2.44. The van der Waals surface area contributed by atoms with Gasteiger partial charge in [0.15, 0.2) is 13.2 Å². The van der Waals surface area contributed by atoms with Crippen LogP contribution in [0, 0.1) is 11.6 Å². The molecule has 3 aromatic carbocycles. The zero-order valence-corrected chi connectivity index (χ0v) is 21.3. The van der Waals surface area contributed by atoms with Crippen LogP contribution in [0.25, 0.3) is 0 Å². The molecule has 1 aliphatic rings. The molecule has 1 unspecified atom stereocenters. The van der Waals surface area contributed by atoms with E-state index in [0.29, 0.717) is 4.90 Å². The first-order chi connectivity index (χ1) is 19.5. The molecule has 0 saturated heterocycles. The fourth-order valence-electron chi connectivity index (χ4n) is 3.78. The van der Waals surface area contributed by atoms with Gasteiger partial charge in [0.05, 0.1) is 16.7 Å². The van der Waals surface area contributed by atoms with Gasteiger partial charge in [0, 0.05) is 11.4 Å². The molecule has 0 spiro atoms. The molecule has 4 amide bonds. The van der Waals surface area contributed by atoms with E-state index in [1.807, 2.05) is 0 Å². The summed E-state index contributed by atoms with van der Waals surface area (Å²) >= 11 is 0. The van der Waals surface area contributed by atoms with Gasteiger partial charge in [0.1, 0.15) is 17.7 Å². The molecule has 1 aliphatic heterocycles. The van der Waals surface area contributed by atoms with Crippen molar-refractivity contribution in [1.29, 1.82) is 0 Å². The van der Waals surface area contributed by atoms with Gasteiger partial charge in [-0.2, -0.15) is 0 Å². The highest BCUT2D eigenvalue weighted by molar-refractivity contribution is 6.23. The summed E-state index contributed by atoms with van der Waals surface area (Å²) in [7, 11) is 0. The number of rotatable bonds is 9. The molecule has 0 saturated carbocycles. The monoisotopic (exact) mass is 565 g/mol. The summed E-state index contributed by atoms with van der Waals surface area (Å²) in [6.45, 7) is -0.171. The summed E-state index contributed by atoms with van der Waals surface area (Å²) in [6.07, 6.45) is 0. The van der Waals surface area contributed by atoms with Crippen molar-refractivity contribution >= 4 is 46.9 Å². The number of fused-ring (bicyclic) bond motifs is 1. The predicted octanol–water partition coefficient (Wildman–Crippen LogP) is 2.93. The topological polar surface area (TPSA) is 148 Å². The molecule has 3 aromatic rings. The van der Waals surface area contributed by atoms with Crippen LogP contribution in [0.15, 0.2) is 66.7 Å². The van der Waals surface area contributed by atoms with Crippen molar-refractivity contribution in [2.45, 2.75) is 13.0 Å². The van der Waals surface area contributed by atoms with E-state index in [0.717, 1.165) is 30.3 Å². The Morgan fingerprint density at radius 3 is 1.76 bits per heavy atom. The molecule has 0 aliphatic carbocycles. The number of imide groups is 1. The average molecular weight is 565 g/mol. The second-order valence-electron chi connectivity index (χ2n) is 8.71. The molecule has 0 radical (unpaired) electrons. The Labute approximate surface area is 231 Å². The number of carbonyl (C=O) groups excluding carboxylic acids is 6. The van der Waals surface area contributed by atoms with Crippen LogP contribution in [0.5, 0.6) is 0 Å². The Bertz CT molecular complexity index is 1540. The van der Waals surface area contributed by atoms with Crippen LogP contribution in [-0.4, -0.2) is 59.7 Å². The summed E-state index contributed by atoms with van der Waals surface area (Å²) in [5, 5.41) is 4.82. The molecule has 41 heavy (non-hydrogen) atoms. The van der Waals surface area contributed by atoms with Gasteiger partial charge in [0.25, 0.3) is 23.6 Å². The van der Waals surface area contributed by atoms with Crippen molar-refractivity contribution < 1.29 is 47.0 Å². The fraction of sp³-hybridized carbons (Fsp3) is 0.143. The largest absolute Gasteiger partial charge is 0.454 e. The molecular formula is C28H21F2N3O8. The van der Waals surface area contributed by atoms with Crippen molar-refractivity contribution in [3.63, 3.8) is 0 Å². The lowest BCUT2D eigenvalue weighted by atomic mass is 10.1. The third kappa shape index (κ3) is 6.76. The van der Waals surface area contributed by atoms with E-state index >= 15 is 0 Å². The molecule has 210 valence electrons. The van der Waals surface area contributed by atoms with Crippen LogP contribution in [0.4, 0.5) is 20.2 Å². The SMILES string of the molecule is CC(C(=O)OCC(=O)Nc1ccc(F)cc1)N1C(=O)c2ccc(C(=O)OCC(=O)Nc3ccc(F)cc3)cc2C1=O. The average Bonchev–Trinajstić information content (AvgIpc) is 3.21. The Morgan fingerprint density at radius 1 is 0.732 bits per heavy atom. The van der Waals surface area contributed by atoms with Crippen LogP contribution in [0.1, 0.15) is 38.0 Å². The Hall–Kier alpha value is -5.46. The molecule has 0 bridgehead atoms. The minimum atomic E-state index is -1.41. The van der Waals surface area contributed by atoms with Gasteiger partial charge in [0.2, 0.25) is 0 Å². The van der Waals surface area contributed by atoms with Crippen molar-refractivity contribution in [2.75, 3.05) is 23.8 Å². The van der Waals surface area contributed by atoms with Gasteiger partial charge in [-0.05, 0) is 73.7 Å². The molecule has 4 rings (SSSR count). The van der Waals surface area contributed by atoms with Gasteiger partial charge in [-0.1, -0.05) is 0 Å². The lowest BCUT2D eigenvalue weighted by Gasteiger charge is -2.20. The first-order valence-corrected chi connectivity index (χ1v) is 12.0. The second-order valence-corrected chi connectivity index (χ2v) is 8.71. The highest BCUT2D eigenvalue weighted by Crippen LogP contribution is 2.26. The van der Waals surface area contributed by atoms with Crippen LogP contribution < -0.4 is 10.6 Å². The number of anilines is 2. The number of carbonyl (C=O) groups is 6. The van der Waals surface area contributed by atoms with Crippen molar-refractivity contribution in [3.8, 4) is 0 Å². The molecule has 11 nitrogen and oxygen atoms in total. The fourth-order valence-corrected chi connectivity index (χ4v) is 3.78. The smallest absolute Gasteiger partial charge is 0.338 e. The lowest BCUT2D eigenvalue weighted by molar-refractivity contribution is -0.150. The quantitative estimate of drug-likeness (QED) is 0.297. The van der Waals surface area contributed by atoms with Crippen LogP contribution in [0.2, 0.25) is 0 Å². The molecule has 0 fully saturated rings. The number of halogens is 2. The standard InChI is InChI=1S/C28H21F2N3O8/c1-15(27(38)40-13-23(34)31-19-7-3-17(29)4-8-19)33-25(36)21-11-2-16(12-22(21)26(33)37)28(39)41-14-24(35)32-20-9-5-18(30)6-10-20/h2-12,15H,13-14H2,1H3,(H,31,34)(H,32,35). The zero-order chi connectivity index (χ0) is 29.7. The predicted molar refractivity (Wildman–Crippen MR) is 138 cm³/mol. The number of nitrogens with one attached hydrogen (secondary N) is 2. The van der Waals surface area contributed by atoms with E-state index < -0.39 is 66.5 Å². The normalized spacial score (nSPS) is 12.8. The van der Waals surface area contributed by atoms with E-state index in [-0.39, 0.29) is 28.1 Å². The van der Waals surface area contributed by atoms with Crippen LogP contribution in [0.3, 0.4) is 0 Å². The molecular weight excluding hydrogens is 544 g/mol. The van der Waals surface area contributed by atoms with Gasteiger partial charge in [-0.25, -0.2) is 18.4 Å². The van der Waals surface area contributed by atoms with E-state index in [2.05, 4.69) is 10.6 Å². The van der Waals surface area contributed by atoms with Gasteiger partial charge in [-0.3, -0.25) is 24.1 Å². The van der Waals surface area contributed by atoms with Crippen molar-refractivity contribution in [1.82, 2.24) is 4.90 Å². The Morgan fingerprint density at radius 2 is 1.22 bits per heavy atom. The number of amides is 4. The summed E-state index contributed by atoms with van der Waals surface area (Å²) in [5.41, 5.74) is 0.177. The molecule has 0 aromatic heterocycles. The number of ether oxygens (including phenoxy) is 2. The van der Waals surface area contributed by atoms with Crippen LogP contribution >= 0.6 is 0 Å². The van der Waals surface area contributed by atoms with Crippen molar-refractivity contribution in [2.24, 2.45) is 0 Å². The minimum absolute atomic E-state index is 0.0747. The van der Waals surface area contributed by atoms with E-state index in [4.69, 9.17) is 9.47 Å². The third-order valence-corrected chi connectivity index (χ3v) is 5.82. The molecule has 13 heteroatoms. The minimum Gasteiger partial charge on any atom is -0.454 e. The van der Waals surface area contributed by atoms with Gasteiger partial charge in [-0.15, -0.1) is 0 Å². The van der Waals surface area contributed by atoms with E-state index in [1.54, 1.807) is 0 Å². The Balaban J connectivity index is 1.33. The maximum Gasteiger partial charge on any atom is 0.338 e. The second kappa shape index (κ2) is 12.2. The van der Waals surface area contributed by atoms with Crippen LogP contribution in [-0.2, 0) is 23.9 Å². The summed E-state index contributed by atoms with van der Waals surface area (Å²) in [5.74, 6) is -6.11. The molecule has 2 N–H and O–H groups in total. The van der Waals surface area contributed by atoms with Gasteiger partial charge < -0.3 is 20.1 Å². The summed E-state index contributed by atoms with van der Waals surface area (Å²) in [4.78, 5) is 75.5. The zero-order valence-electron chi connectivity index (χ0n) is 21.3. The number of esters is 2. The third-order valence-electron chi connectivity index (χ3n) is 5.82. The first-order valence-electron chi connectivity index (χ1n) is 12.0. The maximum atomic E-state index is 13.0. The molecule has 1 atom stereocenters. The Kier molecular flexibility index (Phi) is 8.46. The van der Waals surface area contributed by atoms with E-state index in [9.17, 15) is 37.5 Å². The maximum absolute atomic E-state index is 13.0. The summed E-state index contributed by atoms with van der Waals surface area (Å²) < 4.78 is 35.9. The highest BCUT2D eigenvalue weighted by Gasteiger charge is 2.42. The summed E-state index contributed by atoms with van der Waals surface area (Å²) in [6, 6.07) is 11.9. The van der Waals surface area contributed by atoms with Crippen molar-refractivity contribution in [3.05, 3.63) is 95.1 Å². The number of hydrogen-bond donors (Lipinski definition) is 2. The molecule has 1 heterocycles.